The number of carbonyl (C=O) groups is 1. The van der Waals surface area contributed by atoms with E-state index in [9.17, 15) is 9.90 Å². The maximum Gasteiger partial charge on any atom is 0.341 e. The van der Waals surface area contributed by atoms with Crippen LogP contribution < -0.4 is 15.0 Å². The lowest BCUT2D eigenvalue weighted by molar-refractivity contribution is 0.0697. The van der Waals surface area contributed by atoms with Crippen LogP contribution in [0, 0.1) is 0 Å². The minimum Gasteiger partial charge on any atom is -0.497 e. The fourth-order valence-corrected chi connectivity index (χ4v) is 3.58. The van der Waals surface area contributed by atoms with Crippen molar-refractivity contribution >= 4 is 23.4 Å². The summed E-state index contributed by atoms with van der Waals surface area (Å²) in [7, 11) is 1.62. The number of hydrogen-bond donors (Lipinski definition) is 2. The Labute approximate surface area is 169 Å². The van der Waals surface area contributed by atoms with Crippen LogP contribution in [0.1, 0.15) is 28.4 Å². The lowest BCUT2D eigenvalue weighted by Gasteiger charge is -2.23. The molecule has 0 saturated heterocycles. The molecule has 1 atom stereocenters. The van der Waals surface area contributed by atoms with Gasteiger partial charge in [-0.2, -0.15) is 4.98 Å². The van der Waals surface area contributed by atoms with E-state index in [2.05, 4.69) is 33.2 Å². The number of rotatable bonds is 6. The molecule has 7 heteroatoms. The molecule has 1 aliphatic heterocycles. The number of nitrogens with zero attached hydrogens (tertiary/aromatic N) is 3. The van der Waals surface area contributed by atoms with Gasteiger partial charge in [0.05, 0.1) is 7.11 Å². The molecule has 4 rings (SSSR count). The maximum atomic E-state index is 11.7. The predicted molar refractivity (Wildman–Crippen MR) is 111 cm³/mol. The number of aromatic carboxylic acids is 1. The molecule has 148 valence electrons. The summed E-state index contributed by atoms with van der Waals surface area (Å²) >= 11 is 0. The molecule has 7 nitrogen and oxygen atoms in total. The molecule has 0 fully saturated rings. The van der Waals surface area contributed by atoms with Gasteiger partial charge in [-0.3, -0.25) is 0 Å². The molecule has 0 saturated carbocycles. The third kappa shape index (κ3) is 3.71. The molecule has 2 aromatic carbocycles. The third-order valence-electron chi connectivity index (χ3n) is 5.05. The Hall–Kier alpha value is -3.61. The van der Waals surface area contributed by atoms with Gasteiger partial charge < -0.3 is 20.1 Å². The highest BCUT2D eigenvalue weighted by molar-refractivity contribution is 5.93. The van der Waals surface area contributed by atoms with Gasteiger partial charge in [-0.15, -0.1) is 0 Å². The first-order valence-corrected chi connectivity index (χ1v) is 9.41. The number of aromatic nitrogens is 2. The van der Waals surface area contributed by atoms with Gasteiger partial charge in [-0.25, -0.2) is 9.78 Å². The fourth-order valence-electron chi connectivity index (χ4n) is 3.58. The van der Waals surface area contributed by atoms with E-state index >= 15 is 0 Å². The van der Waals surface area contributed by atoms with Crippen LogP contribution in [0.15, 0.2) is 54.7 Å². The van der Waals surface area contributed by atoms with Crippen molar-refractivity contribution in [3.8, 4) is 5.75 Å². The molecule has 0 radical (unpaired) electrons. The number of methoxy groups -OCH3 is 1. The molecule has 0 aliphatic carbocycles. The summed E-state index contributed by atoms with van der Waals surface area (Å²) in [5, 5.41) is 12.7. The number of benzene rings is 2. The van der Waals surface area contributed by atoms with Crippen molar-refractivity contribution in [1.29, 1.82) is 0 Å². The normalized spacial score (nSPS) is 15.1. The molecule has 1 unspecified atom stereocenters. The highest BCUT2D eigenvalue weighted by Gasteiger charge is 2.29. The number of para-hydroxylation sites is 1. The molecule has 1 aliphatic rings. The SMILES string of the molecule is COc1ccc(CNc2nc(N3c4ccccc4CC3C)ncc2C(=O)O)cc1. The Morgan fingerprint density at radius 1 is 1.24 bits per heavy atom. The Balaban J connectivity index is 1.63. The molecule has 2 N–H and O–H groups in total. The highest BCUT2D eigenvalue weighted by atomic mass is 16.5. The van der Waals surface area contributed by atoms with Crippen LogP contribution in [-0.4, -0.2) is 34.2 Å². The number of anilines is 3. The molecule has 1 aromatic heterocycles. The van der Waals surface area contributed by atoms with Crippen molar-refractivity contribution in [2.45, 2.75) is 25.9 Å². The van der Waals surface area contributed by atoms with Crippen molar-refractivity contribution < 1.29 is 14.6 Å². The van der Waals surface area contributed by atoms with Crippen molar-refractivity contribution in [2.75, 3.05) is 17.3 Å². The van der Waals surface area contributed by atoms with Gasteiger partial charge in [0.15, 0.2) is 0 Å². The number of carboxylic acid groups (broad SMARTS) is 1. The Bertz CT molecular complexity index is 1040. The summed E-state index contributed by atoms with van der Waals surface area (Å²) < 4.78 is 5.17. The topological polar surface area (TPSA) is 87.6 Å². The Morgan fingerprint density at radius 3 is 2.72 bits per heavy atom. The van der Waals surface area contributed by atoms with Crippen LogP contribution in [0.4, 0.5) is 17.5 Å². The number of ether oxygens (including phenoxy) is 1. The number of hydrogen-bond acceptors (Lipinski definition) is 6. The van der Waals surface area contributed by atoms with Gasteiger partial charge >= 0.3 is 5.97 Å². The number of nitrogens with one attached hydrogen (secondary N) is 1. The van der Waals surface area contributed by atoms with E-state index < -0.39 is 5.97 Å². The molecule has 3 aromatic rings. The minimum atomic E-state index is -1.07. The van der Waals surface area contributed by atoms with E-state index in [1.54, 1.807) is 7.11 Å². The maximum absolute atomic E-state index is 11.7. The van der Waals surface area contributed by atoms with E-state index in [4.69, 9.17) is 4.74 Å². The second-order valence-corrected chi connectivity index (χ2v) is 6.99. The van der Waals surface area contributed by atoms with Gasteiger partial charge in [0.1, 0.15) is 17.1 Å². The van der Waals surface area contributed by atoms with E-state index in [-0.39, 0.29) is 11.6 Å². The molecule has 2 heterocycles. The molecule has 0 bridgehead atoms. The minimum absolute atomic E-state index is 0.0439. The van der Waals surface area contributed by atoms with E-state index in [0.717, 1.165) is 23.4 Å². The van der Waals surface area contributed by atoms with Crippen molar-refractivity contribution in [3.05, 3.63) is 71.4 Å². The molecular formula is C22H22N4O3. The summed E-state index contributed by atoms with van der Waals surface area (Å²) in [6.07, 6.45) is 2.27. The quantitative estimate of drug-likeness (QED) is 0.660. The first kappa shape index (κ1) is 18.7. The summed E-state index contributed by atoms with van der Waals surface area (Å²) in [5.41, 5.74) is 3.33. The second kappa shape index (κ2) is 7.79. The summed E-state index contributed by atoms with van der Waals surface area (Å²) in [4.78, 5) is 22.6. The zero-order valence-corrected chi connectivity index (χ0v) is 16.3. The van der Waals surface area contributed by atoms with Gasteiger partial charge in [0.2, 0.25) is 5.95 Å². The Morgan fingerprint density at radius 2 is 2.00 bits per heavy atom. The van der Waals surface area contributed by atoms with Crippen LogP contribution >= 0.6 is 0 Å². The number of carboxylic acids is 1. The lowest BCUT2D eigenvalue weighted by atomic mass is 10.1. The monoisotopic (exact) mass is 390 g/mol. The fraction of sp³-hybridized carbons (Fsp3) is 0.227. The van der Waals surface area contributed by atoms with Gasteiger partial charge in [0.25, 0.3) is 0 Å². The standard InChI is InChI=1S/C22H22N4O3/c1-14-11-16-5-3-4-6-19(16)26(14)22-24-13-18(21(27)28)20(25-22)23-12-15-7-9-17(29-2)10-8-15/h3-10,13-14H,11-12H2,1-2H3,(H,27,28)(H,23,24,25). The zero-order valence-electron chi connectivity index (χ0n) is 16.3. The number of fused-ring (bicyclic) bond motifs is 1. The molecule has 29 heavy (non-hydrogen) atoms. The first-order valence-electron chi connectivity index (χ1n) is 9.41. The van der Waals surface area contributed by atoms with Crippen LogP contribution in [0.2, 0.25) is 0 Å². The molecular weight excluding hydrogens is 368 g/mol. The van der Waals surface area contributed by atoms with Crippen molar-refractivity contribution in [2.24, 2.45) is 0 Å². The highest BCUT2D eigenvalue weighted by Crippen LogP contribution is 2.36. The first-order chi connectivity index (χ1) is 14.1. The van der Waals surface area contributed by atoms with Gasteiger partial charge in [0, 0.05) is 24.5 Å². The van der Waals surface area contributed by atoms with Gasteiger partial charge in [-0.05, 0) is 42.7 Å². The average Bonchev–Trinajstić information content (AvgIpc) is 3.08. The average molecular weight is 390 g/mol. The van der Waals surface area contributed by atoms with Crippen LogP contribution in [0.25, 0.3) is 0 Å². The Kier molecular flexibility index (Phi) is 5.03. The predicted octanol–water partition coefficient (Wildman–Crippen LogP) is 3.88. The van der Waals surface area contributed by atoms with E-state index in [1.807, 2.05) is 42.5 Å². The van der Waals surface area contributed by atoms with Crippen LogP contribution in [-0.2, 0) is 13.0 Å². The molecule has 0 amide bonds. The van der Waals surface area contributed by atoms with Crippen molar-refractivity contribution in [1.82, 2.24) is 9.97 Å². The lowest BCUT2D eigenvalue weighted by Crippen LogP contribution is -2.26. The smallest absolute Gasteiger partial charge is 0.341 e. The van der Waals surface area contributed by atoms with E-state index in [0.29, 0.717) is 18.3 Å². The second-order valence-electron chi connectivity index (χ2n) is 6.99. The van der Waals surface area contributed by atoms with Gasteiger partial charge in [-0.1, -0.05) is 30.3 Å². The summed E-state index contributed by atoms with van der Waals surface area (Å²) in [6.45, 7) is 2.55. The van der Waals surface area contributed by atoms with Crippen molar-refractivity contribution in [3.63, 3.8) is 0 Å². The van der Waals surface area contributed by atoms with E-state index in [1.165, 1.54) is 11.8 Å². The largest absolute Gasteiger partial charge is 0.497 e. The van der Waals surface area contributed by atoms with Crippen LogP contribution in [0.3, 0.4) is 0 Å². The molecule has 0 spiro atoms. The zero-order chi connectivity index (χ0) is 20.4. The van der Waals surface area contributed by atoms with Crippen LogP contribution in [0.5, 0.6) is 5.75 Å². The summed E-state index contributed by atoms with van der Waals surface area (Å²) in [5.74, 6) is 0.495. The summed E-state index contributed by atoms with van der Waals surface area (Å²) in [6, 6.07) is 15.9. The third-order valence-corrected chi connectivity index (χ3v) is 5.05.